The van der Waals surface area contributed by atoms with Crippen molar-refractivity contribution in [3.63, 3.8) is 0 Å². The summed E-state index contributed by atoms with van der Waals surface area (Å²) in [4.78, 5) is 28.3. The maximum absolute atomic E-state index is 12.4. The number of benzene rings is 1. The smallest absolute Gasteiger partial charge is 0.268 e. The molecule has 0 spiro atoms. The van der Waals surface area contributed by atoms with Gasteiger partial charge < -0.3 is 15.0 Å². The number of nitrogens with zero attached hydrogens (tertiary/aromatic N) is 2. The largest absolute Gasteiger partial charge is 0.345 e. The van der Waals surface area contributed by atoms with Crippen molar-refractivity contribution >= 4 is 23.5 Å². The van der Waals surface area contributed by atoms with Gasteiger partial charge in [0.15, 0.2) is 0 Å². The molecule has 0 aliphatic carbocycles. The topological polar surface area (TPSA) is 75.5 Å². The molecule has 0 aliphatic rings. The van der Waals surface area contributed by atoms with Crippen molar-refractivity contribution in [2.75, 3.05) is 0 Å². The fourth-order valence-electron chi connectivity index (χ4n) is 2.40. The van der Waals surface area contributed by atoms with Gasteiger partial charge in [0.25, 0.3) is 5.91 Å². The van der Waals surface area contributed by atoms with E-state index in [4.69, 9.17) is 0 Å². The highest BCUT2D eigenvalue weighted by molar-refractivity contribution is 6.00. The van der Waals surface area contributed by atoms with E-state index < -0.39 is 0 Å². The second kappa shape index (κ2) is 7.44. The van der Waals surface area contributed by atoms with E-state index in [9.17, 15) is 9.59 Å². The number of hydrogen-bond acceptors (Lipinski definition) is 3. The third-order valence-electron chi connectivity index (χ3n) is 3.51. The van der Waals surface area contributed by atoms with Gasteiger partial charge >= 0.3 is 0 Å². The second-order valence-electron chi connectivity index (χ2n) is 5.53. The molecule has 2 amide bonds. The lowest BCUT2D eigenvalue weighted by molar-refractivity contribution is -0.122. The minimum atomic E-state index is -0.365. The third kappa shape index (κ3) is 4.32. The molecule has 1 aromatic carbocycles. The number of pyridine rings is 1. The van der Waals surface area contributed by atoms with E-state index in [1.54, 1.807) is 6.08 Å². The zero-order valence-corrected chi connectivity index (χ0v) is 13.8. The van der Waals surface area contributed by atoms with Crippen LogP contribution < -0.4 is 10.6 Å². The number of aromatic nitrogens is 2. The Balaban J connectivity index is 1.73. The van der Waals surface area contributed by atoms with E-state index in [0.29, 0.717) is 0 Å². The van der Waals surface area contributed by atoms with Crippen LogP contribution in [0.4, 0.5) is 0 Å². The van der Waals surface area contributed by atoms with Gasteiger partial charge in [0.2, 0.25) is 5.91 Å². The van der Waals surface area contributed by atoms with Crippen molar-refractivity contribution in [1.82, 2.24) is 20.0 Å². The number of nitrogens with one attached hydrogen (secondary N) is 2. The van der Waals surface area contributed by atoms with Gasteiger partial charge in [-0.3, -0.25) is 9.59 Å². The summed E-state index contributed by atoms with van der Waals surface area (Å²) in [6.45, 7) is 1.64. The molecule has 0 saturated heterocycles. The lowest BCUT2D eigenvalue weighted by Crippen LogP contribution is -2.33. The van der Waals surface area contributed by atoms with Crippen molar-refractivity contribution in [2.45, 2.75) is 13.5 Å². The Labute approximate surface area is 145 Å². The standard InChI is InChI=1S/C19H18N4O2/c1-14(24)21-17(11-15-7-3-2-4-8-15)19(25)20-12-16-13-23-10-6-5-9-18(23)22-16/h2-11,13H,12H2,1H3,(H,20,25)(H,21,24)/b17-11-. The molecular weight excluding hydrogens is 316 g/mol. The summed E-state index contributed by atoms with van der Waals surface area (Å²) in [5.41, 5.74) is 2.58. The summed E-state index contributed by atoms with van der Waals surface area (Å²) in [7, 11) is 0. The molecule has 0 atom stereocenters. The molecular formula is C19H18N4O2. The van der Waals surface area contributed by atoms with Crippen LogP contribution in [0.1, 0.15) is 18.2 Å². The first-order valence-corrected chi connectivity index (χ1v) is 7.87. The summed E-state index contributed by atoms with van der Waals surface area (Å²) in [5, 5.41) is 5.36. The van der Waals surface area contributed by atoms with Crippen molar-refractivity contribution in [2.24, 2.45) is 0 Å². The Kier molecular flexibility index (Phi) is 4.89. The van der Waals surface area contributed by atoms with Gasteiger partial charge in [0.1, 0.15) is 11.3 Å². The van der Waals surface area contributed by atoms with Crippen LogP contribution in [-0.4, -0.2) is 21.2 Å². The quantitative estimate of drug-likeness (QED) is 0.702. The molecule has 2 N–H and O–H groups in total. The summed E-state index contributed by atoms with van der Waals surface area (Å²) in [6, 6.07) is 15.0. The van der Waals surface area contributed by atoms with Crippen LogP contribution in [-0.2, 0) is 16.1 Å². The molecule has 0 saturated carbocycles. The van der Waals surface area contributed by atoms with Gasteiger partial charge in [-0.15, -0.1) is 0 Å². The van der Waals surface area contributed by atoms with E-state index in [2.05, 4.69) is 15.6 Å². The van der Waals surface area contributed by atoms with E-state index in [-0.39, 0.29) is 24.1 Å². The van der Waals surface area contributed by atoms with Gasteiger partial charge in [0, 0.05) is 19.3 Å². The highest BCUT2D eigenvalue weighted by Crippen LogP contribution is 2.07. The first kappa shape index (κ1) is 16.4. The zero-order valence-electron chi connectivity index (χ0n) is 13.8. The Bertz CT molecular complexity index is 896. The molecule has 6 heteroatoms. The molecule has 3 aromatic rings. The predicted molar refractivity (Wildman–Crippen MR) is 95.3 cm³/mol. The molecule has 0 unspecified atom stereocenters. The number of imidazole rings is 1. The fraction of sp³-hybridized carbons (Fsp3) is 0.105. The first-order chi connectivity index (χ1) is 12.1. The Morgan fingerprint density at radius 1 is 1.12 bits per heavy atom. The van der Waals surface area contributed by atoms with Crippen LogP contribution in [0.5, 0.6) is 0 Å². The predicted octanol–water partition coefficient (Wildman–Crippen LogP) is 2.13. The van der Waals surface area contributed by atoms with E-state index in [0.717, 1.165) is 16.9 Å². The van der Waals surface area contributed by atoms with Crippen molar-refractivity contribution < 1.29 is 9.59 Å². The monoisotopic (exact) mass is 334 g/mol. The van der Waals surface area contributed by atoms with Crippen LogP contribution in [0.2, 0.25) is 0 Å². The minimum absolute atomic E-state index is 0.197. The van der Waals surface area contributed by atoms with Crippen LogP contribution >= 0.6 is 0 Å². The highest BCUT2D eigenvalue weighted by Gasteiger charge is 2.12. The Morgan fingerprint density at radius 3 is 2.60 bits per heavy atom. The number of rotatable bonds is 5. The van der Waals surface area contributed by atoms with Gasteiger partial charge in [-0.2, -0.15) is 0 Å². The maximum Gasteiger partial charge on any atom is 0.268 e. The van der Waals surface area contributed by atoms with Gasteiger partial charge in [-0.05, 0) is 23.8 Å². The Hall–Kier alpha value is -3.41. The van der Waals surface area contributed by atoms with Crippen molar-refractivity contribution in [3.05, 3.63) is 77.9 Å². The van der Waals surface area contributed by atoms with Crippen molar-refractivity contribution in [1.29, 1.82) is 0 Å². The third-order valence-corrected chi connectivity index (χ3v) is 3.51. The zero-order chi connectivity index (χ0) is 17.6. The van der Waals surface area contributed by atoms with E-state index in [1.165, 1.54) is 6.92 Å². The fourth-order valence-corrected chi connectivity index (χ4v) is 2.40. The summed E-state index contributed by atoms with van der Waals surface area (Å²) in [5.74, 6) is -0.666. The molecule has 0 radical (unpaired) electrons. The minimum Gasteiger partial charge on any atom is -0.345 e. The molecule has 0 fully saturated rings. The maximum atomic E-state index is 12.4. The van der Waals surface area contributed by atoms with Gasteiger partial charge in [-0.25, -0.2) is 4.98 Å². The molecule has 2 aromatic heterocycles. The summed E-state index contributed by atoms with van der Waals surface area (Å²) < 4.78 is 1.88. The number of amides is 2. The summed E-state index contributed by atoms with van der Waals surface area (Å²) >= 11 is 0. The molecule has 3 rings (SSSR count). The molecule has 0 bridgehead atoms. The first-order valence-electron chi connectivity index (χ1n) is 7.87. The number of fused-ring (bicyclic) bond motifs is 1. The number of hydrogen-bond donors (Lipinski definition) is 2. The summed E-state index contributed by atoms with van der Waals surface area (Å²) in [6.07, 6.45) is 5.39. The van der Waals surface area contributed by atoms with E-state index in [1.807, 2.05) is 65.3 Å². The average molecular weight is 334 g/mol. The number of carbonyl (C=O) groups is 2. The van der Waals surface area contributed by atoms with Crippen molar-refractivity contribution in [3.8, 4) is 0 Å². The van der Waals surface area contributed by atoms with Gasteiger partial charge in [0.05, 0.1) is 12.2 Å². The van der Waals surface area contributed by atoms with Crippen LogP contribution in [0.3, 0.4) is 0 Å². The molecule has 25 heavy (non-hydrogen) atoms. The molecule has 2 heterocycles. The molecule has 0 aliphatic heterocycles. The molecule has 126 valence electrons. The second-order valence-corrected chi connectivity index (χ2v) is 5.53. The average Bonchev–Trinajstić information content (AvgIpc) is 3.02. The normalized spacial score (nSPS) is 11.3. The Morgan fingerprint density at radius 2 is 1.88 bits per heavy atom. The van der Waals surface area contributed by atoms with E-state index >= 15 is 0 Å². The lowest BCUT2D eigenvalue weighted by atomic mass is 10.2. The SMILES string of the molecule is CC(=O)N/C(=C\c1ccccc1)C(=O)NCc1cn2ccccc2n1. The van der Waals surface area contributed by atoms with Crippen LogP contribution in [0, 0.1) is 0 Å². The van der Waals surface area contributed by atoms with Crippen LogP contribution in [0.15, 0.2) is 66.6 Å². The van der Waals surface area contributed by atoms with Gasteiger partial charge in [-0.1, -0.05) is 36.4 Å². The molecule has 6 nitrogen and oxygen atoms in total. The lowest BCUT2D eigenvalue weighted by Gasteiger charge is -2.09. The number of carbonyl (C=O) groups excluding carboxylic acids is 2. The highest BCUT2D eigenvalue weighted by atomic mass is 16.2. The van der Waals surface area contributed by atoms with Crippen LogP contribution in [0.25, 0.3) is 11.7 Å².